The van der Waals surface area contributed by atoms with Gasteiger partial charge in [0.05, 0.1) is 0 Å². The molecule has 0 aliphatic heterocycles. The van der Waals surface area contributed by atoms with Crippen LogP contribution in [0.3, 0.4) is 0 Å². The molecular weight excluding hydrogens is 330 g/mol. The van der Waals surface area contributed by atoms with Crippen LogP contribution < -0.4 is 0 Å². The molecule has 0 aliphatic rings. The number of rotatable bonds is 4. The molecule has 1 unspecified atom stereocenters. The van der Waals surface area contributed by atoms with Gasteiger partial charge in [-0.2, -0.15) is 5.10 Å². The maximum absolute atomic E-state index is 6.04. The topological polar surface area (TPSA) is 30.7 Å². The molecular formula is C21H16ClN3. The summed E-state index contributed by atoms with van der Waals surface area (Å²) in [6.45, 7) is 0. The minimum absolute atomic E-state index is 0.0374. The Hall–Kier alpha value is -2.91. The fourth-order valence-electron chi connectivity index (χ4n) is 2.98. The van der Waals surface area contributed by atoms with E-state index in [1.165, 1.54) is 11.1 Å². The Labute approximate surface area is 151 Å². The van der Waals surface area contributed by atoms with Gasteiger partial charge in [-0.15, -0.1) is 0 Å². The predicted molar refractivity (Wildman–Crippen MR) is 101 cm³/mol. The molecule has 4 aromatic rings. The molecule has 4 heteroatoms. The first-order valence-electron chi connectivity index (χ1n) is 8.06. The van der Waals surface area contributed by atoms with Crippen LogP contribution in [0.4, 0.5) is 0 Å². The number of hydrogen-bond acceptors (Lipinski definition) is 2. The molecule has 3 aromatic carbocycles. The smallest absolute Gasteiger partial charge is 0.137 e. The highest BCUT2D eigenvalue weighted by Crippen LogP contribution is 2.29. The van der Waals surface area contributed by atoms with E-state index in [2.05, 4.69) is 58.6 Å². The summed E-state index contributed by atoms with van der Waals surface area (Å²) in [5.41, 5.74) is 4.66. The van der Waals surface area contributed by atoms with Crippen molar-refractivity contribution < 1.29 is 0 Å². The lowest BCUT2D eigenvalue weighted by atomic mass is 9.96. The van der Waals surface area contributed by atoms with Gasteiger partial charge in [-0.25, -0.2) is 9.67 Å². The lowest BCUT2D eigenvalue weighted by Gasteiger charge is -2.18. The van der Waals surface area contributed by atoms with Gasteiger partial charge in [0, 0.05) is 5.02 Å². The Morgan fingerprint density at radius 3 is 1.92 bits per heavy atom. The molecule has 25 heavy (non-hydrogen) atoms. The van der Waals surface area contributed by atoms with Crippen LogP contribution in [-0.2, 0) is 0 Å². The normalized spacial score (nSPS) is 12.0. The van der Waals surface area contributed by atoms with Gasteiger partial charge in [0.15, 0.2) is 0 Å². The van der Waals surface area contributed by atoms with Gasteiger partial charge in [0.25, 0.3) is 0 Å². The number of hydrogen-bond donors (Lipinski definition) is 0. The fraction of sp³-hybridized carbons (Fsp3) is 0.0476. The molecule has 1 heterocycles. The van der Waals surface area contributed by atoms with Crippen LogP contribution in [0, 0.1) is 0 Å². The molecule has 0 amide bonds. The van der Waals surface area contributed by atoms with Crippen LogP contribution in [0.1, 0.15) is 17.2 Å². The molecule has 1 aromatic heterocycles. The zero-order chi connectivity index (χ0) is 17.1. The molecule has 0 aliphatic carbocycles. The summed E-state index contributed by atoms with van der Waals surface area (Å²) < 4.78 is 1.86. The molecule has 0 N–H and O–H groups in total. The molecule has 0 radical (unpaired) electrons. The van der Waals surface area contributed by atoms with Crippen LogP contribution in [0.5, 0.6) is 0 Å². The van der Waals surface area contributed by atoms with Gasteiger partial charge in [0.2, 0.25) is 0 Å². The standard InChI is InChI=1S/C21H16ClN3/c22-20-12-10-19(11-13-20)21(25-15-23-14-24-25)18-8-6-17(7-9-18)16-4-2-1-3-5-16/h1-15,21H. The average Bonchev–Trinajstić information content (AvgIpc) is 3.19. The summed E-state index contributed by atoms with van der Waals surface area (Å²) >= 11 is 6.04. The fourth-order valence-corrected chi connectivity index (χ4v) is 3.11. The van der Waals surface area contributed by atoms with Crippen LogP contribution in [0.2, 0.25) is 5.02 Å². The van der Waals surface area contributed by atoms with E-state index in [0.717, 1.165) is 16.1 Å². The summed E-state index contributed by atoms with van der Waals surface area (Å²) in [7, 11) is 0. The van der Waals surface area contributed by atoms with Gasteiger partial charge >= 0.3 is 0 Å². The summed E-state index contributed by atoms with van der Waals surface area (Å²) in [5.74, 6) is 0. The SMILES string of the molecule is Clc1ccc(C(c2ccc(-c3ccccc3)cc2)n2cncn2)cc1. The van der Waals surface area contributed by atoms with Crippen LogP contribution in [0.25, 0.3) is 11.1 Å². The van der Waals surface area contributed by atoms with Crippen molar-refractivity contribution in [2.24, 2.45) is 0 Å². The van der Waals surface area contributed by atoms with Crippen molar-refractivity contribution in [1.29, 1.82) is 0 Å². The molecule has 122 valence electrons. The molecule has 1 atom stereocenters. The molecule has 4 rings (SSSR count). The second-order valence-corrected chi connectivity index (χ2v) is 6.25. The molecule has 3 nitrogen and oxygen atoms in total. The van der Waals surface area contributed by atoms with Gasteiger partial charge < -0.3 is 0 Å². The number of halogens is 1. The Balaban J connectivity index is 1.74. The first kappa shape index (κ1) is 15.6. The van der Waals surface area contributed by atoms with Crippen LogP contribution in [0.15, 0.2) is 91.5 Å². The highest BCUT2D eigenvalue weighted by atomic mass is 35.5. The Bertz CT molecular complexity index is 931. The van der Waals surface area contributed by atoms with Crippen LogP contribution >= 0.6 is 11.6 Å². The first-order chi connectivity index (χ1) is 12.3. The number of aromatic nitrogens is 3. The monoisotopic (exact) mass is 345 g/mol. The van der Waals surface area contributed by atoms with Crippen molar-refractivity contribution in [1.82, 2.24) is 14.8 Å². The van der Waals surface area contributed by atoms with Crippen molar-refractivity contribution in [3.63, 3.8) is 0 Å². The second kappa shape index (κ2) is 6.91. The lowest BCUT2D eigenvalue weighted by molar-refractivity contribution is 0.594. The van der Waals surface area contributed by atoms with Crippen molar-refractivity contribution >= 4 is 11.6 Å². The van der Waals surface area contributed by atoms with Gasteiger partial charge in [-0.05, 0) is 34.4 Å². The van der Waals surface area contributed by atoms with Crippen LogP contribution in [-0.4, -0.2) is 14.8 Å². The molecule has 0 bridgehead atoms. The summed E-state index contributed by atoms with van der Waals surface area (Å²) in [6, 6.07) is 26.7. The van der Waals surface area contributed by atoms with E-state index < -0.39 is 0 Å². The van der Waals surface area contributed by atoms with Gasteiger partial charge in [0.1, 0.15) is 18.7 Å². The molecule has 0 fully saturated rings. The summed E-state index contributed by atoms with van der Waals surface area (Å²) in [6.07, 6.45) is 3.30. The third-order valence-electron chi connectivity index (χ3n) is 4.22. The van der Waals surface area contributed by atoms with Crippen molar-refractivity contribution in [3.05, 3.63) is 108 Å². The predicted octanol–water partition coefficient (Wildman–Crippen LogP) is 5.24. The second-order valence-electron chi connectivity index (χ2n) is 5.82. The summed E-state index contributed by atoms with van der Waals surface area (Å²) in [5, 5.41) is 5.07. The Morgan fingerprint density at radius 1 is 0.720 bits per heavy atom. The molecule has 0 spiro atoms. The van der Waals surface area contributed by atoms with Gasteiger partial charge in [-0.1, -0.05) is 78.3 Å². The molecule has 0 saturated heterocycles. The third kappa shape index (κ3) is 3.32. The maximum atomic E-state index is 6.04. The molecule has 0 saturated carbocycles. The average molecular weight is 346 g/mol. The van der Waals surface area contributed by atoms with Crippen molar-refractivity contribution in [3.8, 4) is 11.1 Å². The van der Waals surface area contributed by atoms with E-state index in [9.17, 15) is 0 Å². The lowest BCUT2D eigenvalue weighted by Crippen LogP contribution is -2.12. The maximum Gasteiger partial charge on any atom is 0.137 e. The van der Waals surface area contributed by atoms with E-state index in [-0.39, 0.29) is 6.04 Å². The zero-order valence-corrected chi connectivity index (χ0v) is 14.2. The number of nitrogens with zero attached hydrogens (tertiary/aromatic N) is 3. The highest BCUT2D eigenvalue weighted by molar-refractivity contribution is 6.30. The first-order valence-corrected chi connectivity index (χ1v) is 8.44. The largest absolute Gasteiger partial charge is 0.241 e. The van der Waals surface area contributed by atoms with E-state index >= 15 is 0 Å². The van der Waals surface area contributed by atoms with Crippen molar-refractivity contribution in [2.75, 3.05) is 0 Å². The van der Waals surface area contributed by atoms with E-state index in [0.29, 0.717) is 0 Å². The third-order valence-corrected chi connectivity index (χ3v) is 4.47. The minimum atomic E-state index is -0.0374. The van der Waals surface area contributed by atoms with E-state index in [4.69, 9.17) is 11.6 Å². The summed E-state index contributed by atoms with van der Waals surface area (Å²) in [4.78, 5) is 4.10. The highest BCUT2D eigenvalue weighted by Gasteiger charge is 2.17. The Kier molecular flexibility index (Phi) is 4.32. The zero-order valence-electron chi connectivity index (χ0n) is 13.5. The number of benzene rings is 3. The quantitative estimate of drug-likeness (QED) is 0.506. The van der Waals surface area contributed by atoms with Gasteiger partial charge in [-0.3, -0.25) is 0 Å². The minimum Gasteiger partial charge on any atom is -0.241 e. The van der Waals surface area contributed by atoms with E-state index in [1.807, 2.05) is 35.0 Å². The van der Waals surface area contributed by atoms with E-state index in [1.54, 1.807) is 12.7 Å². The van der Waals surface area contributed by atoms with Crippen molar-refractivity contribution in [2.45, 2.75) is 6.04 Å². The Morgan fingerprint density at radius 2 is 1.32 bits per heavy atom.